The van der Waals surface area contributed by atoms with E-state index in [2.05, 4.69) is 98.7 Å². The van der Waals surface area contributed by atoms with Gasteiger partial charge in [0, 0.05) is 54.4 Å². The number of esters is 3. The Kier molecular flexibility index (Phi) is 16.7. The summed E-state index contributed by atoms with van der Waals surface area (Å²) in [6.45, 7) is 22.2. The van der Waals surface area contributed by atoms with Gasteiger partial charge in [0.15, 0.2) is 34.2 Å². The largest absolute Gasteiger partial charge is 0.476 e. The van der Waals surface area contributed by atoms with Crippen LogP contribution in [0.25, 0.3) is 53.3 Å². The van der Waals surface area contributed by atoms with Gasteiger partial charge in [0.05, 0.1) is 91.7 Å². The summed E-state index contributed by atoms with van der Waals surface area (Å²) in [5.41, 5.74) is 9.97. The highest BCUT2D eigenvalue weighted by atomic mass is 79.9. The van der Waals surface area contributed by atoms with Crippen LogP contribution in [0.2, 0.25) is 0 Å². The number of nitriles is 2. The molecule has 0 saturated carbocycles. The Balaban J connectivity index is 0.000000155. The number of aromatic amines is 4. The zero-order chi connectivity index (χ0) is 56.5. The number of dihydropyridines is 2. The van der Waals surface area contributed by atoms with Gasteiger partial charge in [0.2, 0.25) is 0 Å². The maximum Gasteiger partial charge on any atom is 0.359 e. The first kappa shape index (κ1) is 55.1. The maximum atomic E-state index is 11.9. The molecule has 0 saturated heterocycles. The van der Waals surface area contributed by atoms with Crippen LogP contribution in [0.1, 0.15) is 103 Å². The Labute approximate surface area is 451 Å². The molecule has 0 spiro atoms. The van der Waals surface area contributed by atoms with Crippen molar-refractivity contribution in [1.29, 1.82) is 10.5 Å². The molecule has 7 N–H and O–H groups in total. The van der Waals surface area contributed by atoms with Crippen molar-refractivity contribution in [2.45, 2.75) is 39.5 Å². The van der Waals surface area contributed by atoms with Gasteiger partial charge in [-0.05, 0) is 99.5 Å². The fraction of sp³-hybridized carbons (Fsp3) is 0.167. The van der Waals surface area contributed by atoms with Gasteiger partial charge < -0.3 is 30.0 Å². The number of fused-ring (bicyclic) bond motifs is 4. The van der Waals surface area contributed by atoms with Crippen molar-refractivity contribution in [3.63, 3.8) is 0 Å². The summed E-state index contributed by atoms with van der Waals surface area (Å²) in [5, 5.41) is 63.3. The third-order valence-electron chi connectivity index (χ3n) is 12.4. The zero-order valence-corrected chi connectivity index (χ0v) is 43.9. The average molecular weight is 1110 g/mol. The third-order valence-corrected chi connectivity index (χ3v) is 12.9. The van der Waals surface area contributed by atoms with Crippen molar-refractivity contribution < 1.29 is 43.3 Å². The Bertz CT molecular complexity index is 4020. The number of H-pyrrole nitrogens is 4. The predicted octanol–water partition coefficient (Wildman–Crippen LogP) is 9.15. The normalized spacial score (nSPS) is 14.7. The number of hydrogen-bond acceptors (Lipinski definition) is 16. The Morgan fingerprint density at radius 2 is 0.936 bits per heavy atom. The molecule has 24 heteroatoms. The van der Waals surface area contributed by atoms with Crippen molar-refractivity contribution in [1.82, 2.24) is 51.4 Å². The van der Waals surface area contributed by atoms with E-state index >= 15 is 0 Å². The lowest BCUT2D eigenvalue weighted by atomic mass is 9.84. The molecule has 0 amide bonds. The number of carboxylic acid groups (broad SMARTS) is 1. The van der Waals surface area contributed by atoms with E-state index in [1.54, 1.807) is 62.4 Å². The standard InChI is InChI=1S/C18H15N5O2.C17H13N5O2.C10H8N2O3.C9H7BrN2O2/c1-9-13(8-19)15(16(20-3)10(2)21-9)11-5-6-14-12(7-11)17(23-22-14)18(24)25-4;1-8-12(7-18)14(15(19-3)9(2)20-8)10-4-5-13-11(6-10)16(17(23)24)22-21-13;1-15-10(14)9-7-4-6(5-13)2-3-8(7)11-12-9;1-14-9(13)8-6-4-5(10)2-3-7(6)11-12-8/h5-7,15,21H,1-2,4H3,(H,22,23);4-6,14,20H,1-2H3,(H,21,22)(H,23,24);2-5H,1H3,(H,11,12);2-4H,1H3,(H,11,12). The number of rotatable bonds is 7. The minimum Gasteiger partial charge on any atom is -0.476 e. The summed E-state index contributed by atoms with van der Waals surface area (Å²) in [7, 11) is 3.91. The quantitative estimate of drug-likeness (QED) is 0.0338. The first-order valence-corrected chi connectivity index (χ1v) is 23.7. The third kappa shape index (κ3) is 10.9. The van der Waals surface area contributed by atoms with Gasteiger partial charge in [0.1, 0.15) is 6.29 Å². The Morgan fingerprint density at radius 3 is 1.31 bits per heavy atom. The molecule has 390 valence electrons. The fourth-order valence-electron chi connectivity index (χ4n) is 8.64. The van der Waals surface area contributed by atoms with Crippen LogP contribution < -0.4 is 10.6 Å². The molecule has 10 rings (SSSR count). The van der Waals surface area contributed by atoms with E-state index in [9.17, 15) is 39.6 Å². The number of aromatic carboxylic acids is 1. The van der Waals surface area contributed by atoms with Crippen LogP contribution in [0.3, 0.4) is 0 Å². The molecule has 6 heterocycles. The number of benzene rings is 4. The molecule has 23 nitrogen and oxygen atoms in total. The molecule has 0 aliphatic carbocycles. The summed E-state index contributed by atoms with van der Waals surface area (Å²) >= 11 is 3.33. The second-order valence-corrected chi connectivity index (χ2v) is 17.9. The van der Waals surface area contributed by atoms with Crippen LogP contribution in [0, 0.1) is 35.8 Å². The zero-order valence-electron chi connectivity index (χ0n) is 42.3. The van der Waals surface area contributed by atoms with Crippen molar-refractivity contribution >= 4 is 89.7 Å². The number of carboxylic acids is 1. The number of nitrogens with one attached hydrogen (secondary N) is 6. The van der Waals surface area contributed by atoms with Gasteiger partial charge in [-0.25, -0.2) is 28.9 Å². The van der Waals surface area contributed by atoms with Crippen LogP contribution in [-0.4, -0.2) is 97.4 Å². The predicted molar refractivity (Wildman–Crippen MR) is 285 cm³/mol. The highest BCUT2D eigenvalue weighted by molar-refractivity contribution is 9.10. The van der Waals surface area contributed by atoms with Crippen molar-refractivity contribution in [3.8, 4) is 12.1 Å². The number of aldehydes is 1. The van der Waals surface area contributed by atoms with Crippen molar-refractivity contribution in [3.05, 3.63) is 185 Å². The lowest BCUT2D eigenvalue weighted by molar-refractivity contribution is 0.0587. The highest BCUT2D eigenvalue weighted by Crippen LogP contribution is 2.41. The number of methoxy groups -OCH3 is 3. The summed E-state index contributed by atoms with van der Waals surface area (Å²) < 4.78 is 14.8. The molecule has 8 aromatic rings. The van der Waals surface area contributed by atoms with E-state index < -0.39 is 35.7 Å². The van der Waals surface area contributed by atoms with Crippen LogP contribution >= 0.6 is 15.9 Å². The van der Waals surface area contributed by atoms with E-state index in [0.717, 1.165) is 32.3 Å². The van der Waals surface area contributed by atoms with Crippen LogP contribution in [0.5, 0.6) is 0 Å². The van der Waals surface area contributed by atoms with Crippen LogP contribution in [0.4, 0.5) is 0 Å². The molecular formula is C54H43BrN14O9. The molecule has 4 aromatic carbocycles. The molecule has 2 aliphatic heterocycles. The first-order chi connectivity index (χ1) is 37.5. The highest BCUT2D eigenvalue weighted by Gasteiger charge is 2.32. The second kappa shape index (κ2) is 23.7. The van der Waals surface area contributed by atoms with Gasteiger partial charge in [0.25, 0.3) is 0 Å². The number of carbonyl (C=O) groups excluding carboxylic acids is 4. The monoisotopic (exact) mass is 1110 g/mol. The molecule has 0 bridgehead atoms. The first-order valence-electron chi connectivity index (χ1n) is 22.9. The molecular weight excluding hydrogens is 1070 g/mol. The number of carbonyl (C=O) groups is 5. The number of nitrogens with zero attached hydrogens (tertiary/aromatic N) is 8. The van der Waals surface area contributed by atoms with Crippen molar-refractivity contribution in [2.24, 2.45) is 0 Å². The number of hydrogen-bond donors (Lipinski definition) is 7. The van der Waals surface area contributed by atoms with Gasteiger partial charge in [-0.15, -0.1) is 0 Å². The minimum absolute atomic E-state index is 0.0787. The van der Waals surface area contributed by atoms with E-state index in [4.69, 9.17) is 17.9 Å². The summed E-state index contributed by atoms with van der Waals surface area (Å²) in [5.74, 6) is -3.63. The number of allylic oxidation sites excluding steroid dienone is 6. The minimum atomic E-state index is -1.13. The Hall–Kier alpha value is -10.7. The Morgan fingerprint density at radius 1 is 0.577 bits per heavy atom. The van der Waals surface area contributed by atoms with Crippen LogP contribution in [0.15, 0.2) is 123 Å². The second-order valence-electron chi connectivity index (χ2n) is 17.0. The summed E-state index contributed by atoms with van der Waals surface area (Å²) in [4.78, 5) is 63.5. The van der Waals surface area contributed by atoms with Gasteiger partial charge in [-0.2, -0.15) is 30.9 Å². The summed E-state index contributed by atoms with van der Waals surface area (Å²) in [6.07, 6.45) is 0.716. The molecule has 2 aliphatic rings. The number of ether oxygens (including phenoxy) is 3. The van der Waals surface area contributed by atoms with E-state index in [0.29, 0.717) is 89.8 Å². The van der Waals surface area contributed by atoms with E-state index in [-0.39, 0.29) is 17.1 Å². The maximum absolute atomic E-state index is 11.9. The molecule has 2 unspecified atom stereocenters. The molecule has 4 aromatic heterocycles. The molecule has 2 atom stereocenters. The molecule has 78 heavy (non-hydrogen) atoms. The average Bonchev–Trinajstić information content (AvgIpc) is 4.34. The number of aromatic nitrogens is 8. The van der Waals surface area contributed by atoms with E-state index in [1.807, 2.05) is 38.1 Å². The van der Waals surface area contributed by atoms with Crippen LogP contribution in [-0.2, 0) is 14.2 Å². The lowest BCUT2D eigenvalue weighted by Crippen LogP contribution is -2.22. The SMILES string of the molecule is COC(=O)c1n[nH]c2ccc(Br)cc12.COC(=O)c1n[nH]c2ccc(C=O)cc12.[C-]#[N+]C1=C(C)NC(C)=C(C#N)C1c1ccc2[nH]nc(C(=O)O)c2c1.[C-]#[N+]C1=C(C)NC(C)=C(C#N)C1c1ccc2[nH]nc(C(=O)OC)c2c1. The topological polar surface area (TPSA) is 328 Å². The lowest BCUT2D eigenvalue weighted by Gasteiger charge is -2.26. The summed E-state index contributed by atoms with van der Waals surface area (Å²) in [6, 6.07) is 25.4. The van der Waals surface area contributed by atoms with Gasteiger partial charge >= 0.3 is 23.9 Å². The van der Waals surface area contributed by atoms with Gasteiger partial charge in [-0.1, -0.05) is 28.1 Å². The smallest absolute Gasteiger partial charge is 0.359 e. The van der Waals surface area contributed by atoms with E-state index in [1.165, 1.54) is 21.3 Å². The molecule has 0 fully saturated rings. The van der Waals surface area contributed by atoms with Gasteiger partial charge in [-0.3, -0.25) is 25.2 Å². The van der Waals surface area contributed by atoms with Crippen molar-refractivity contribution in [2.75, 3.05) is 21.3 Å². The fourth-order valence-corrected chi connectivity index (χ4v) is 9.00. The number of halogens is 1. The molecule has 0 radical (unpaired) electrons.